The van der Waals surface area contributed by atoms with Gasteiger partial charge < -0.3 is 4.90 Å². The standard InChI is InChI=1S/C26H31F2N3O/c1-4-7-22(32)31-13-6-8-16(15-31)26-12-11-18(25(26,2)3)17-14-21(29-30-24(17)26)23-19(27)9-5-10-20(23)28/h5,9-10,14,16,18H,4,6-8,11-13,15H2,1-3H3/t16-,18-,26-/m0/s1. The molecular weight excluding hydrogens is 408 g/mol. The van der Waals surface area contributed by atoms with Gasteiger partial charge in [0.05, 0.1) is 17.0 Å². The molecule has 1 saturated heterocycles. The lowest BCUT2D eigenvalue weighted by atomic mass is 9.59. The molecular formula is C26H31F2N3O. The number of hydrogen-bond donors (Lipinski definition) is 0. The summed E-state index contributed by atoms with van der Waals surface area (Å²) in [6, 6.07) is 5.76. The number of nitrogens with zero attached hydrogens (tertiary/aromatic N) is 3. The molecule has 6 heteroatoms. The van der Waals surface area contributed by atoms with Crippen molar-refractivity contribution in [3.8, 4) is 11.3 Å². The van der Waals surface area contributed by atoms with Crippen LogP contribution in [0.25, 0.3) is 11.3 Å². The van der Waals surface area contributed by atoms with Gasteiger partial charge in [0.1, 0.15) is 11.6 Å². The molecule has 5 rings (SSSR count). The summed E-state index contributed by atoms with van der Waals surface area (Å²) in [7, 11) is 0. The third-order valence-corrected chi connectivity index (χ3v) is 8.62. The van der Waals surface area contributed by atoms with Gasteiger partial charge in [0.25, 0.3) is 0 Å². The molecule has 32 heavy (non-hydrogen) atoms. The number of likely N-dealkylation sites (tertiary alicyclic amines) is 1. The van der Waals surface area contributed by atoms with E-state index in [2.05, 4.69) is 24.0 Å². The molecule has 1 aromatic heterocycles. The second-order valence-electron chi connectivity index (χ2n) is 10.3. The molecule has 0 spiro atoms. The van der Waals surface area contributed by atoms with Crippen LogP contribution in [0.1, 0.15) is 76.5 Å². The van der Waals surface area contributed by atoms with Crippen LogP contribution in [-0.2, 0) is 10.2 Å². The smallest absolute Gasteiger partial charge is 0.222 e. The maximum Gasteiger partial charge on any atom is 0.222 e. The summed E-state index contributed by atoms with van der Waals surface area (Å²) in [6.45, 7) is 8.26. The van der Waals surface area contributed by atoms with Crippen LogP contribution in [0.3, 0.4) is 0 Å². The van der Waals surface area contributed by atoms with Crippen LogP contribution in [0.15, 0.2) is 24.3 Å². The van der Waals surface area contributed by atoms with E-state index in [1.807, 2.05) is 17.9 Å². The van der Waals surface area contributed by atoms with Crippen LogP contribution < -0.4 is 0 Å². The van der Waals surface area contributed by atoms with E-state index in [4.69, 9.17) is 0 Å². The molecule has 2 aromatic rings. The second-order valence-corrected chi connectivity index (χ2v) is 10.3. The van der Waals surface area contributed by atoms with Gasteiger partial charge in [0.15, 0.2) is 0 Å². The largest absolute Gasteiger partial charge is 0.342 e. The fourth-order valence-corrected chi connectivity index (χ4v) is 7.12. The molecule has 2 aliphatic carbocycles. The van der Waals surface area contributed by atoms with Crippen molar-refractivity contribution < 1.29 is 13.6 Å². The highest BCUT2D eigenvalue weighted by Gasteiger charge is 2.66. The molecule has 1 saturated carbocycles. The fourth-order valence-electron chi connectivity index (χ4n) is 7.12. The highest BCUT2D eigenvalue weighted by Crippen LogP contribution is 2.70. The minimum atomic E-state index is -0.617. The highest BCUT2D eigenvalue weighted by atomic mass is 19.1. The number of halogens is 2. The van der Waals surface area contributed by atoms with Gasteiger partial charge in [0.2, 0.25) is 5.91 Å². The molecule has 3 aliphatic rings. The Kier molecular flexibility index (Phi) is 5.10. The van der Waals surface area contributed by atoms with Gasteiger partial charge in [-0.25, -0.2) is 8.78 Å². The zero-order valence-electron chi connectivity index (χ0n) is 19.1. The van der Waals surface area contributed by atoms with E-state index >= 15 is 0 Å². The predicted molar refractivity (Wildman–Crippen MR) is 119 cm³/mol. The zero-order valence-corrected chi connectivity index (χ0v) is 19.1. The number of benzene rings is 1. The molecule has 0 unspecified atom stereocenters. The molecule has 1 aromatic carbocycles. The first-order valence-electron chi connectivity index (χ1n) is 11.9. The SMILES string of the molecule is CCCC(=O)N1CCC[C@H]([C@@]23CC[C@@H](c4cc(-c5c(F)cccc5F)nnc42)C3(C)C)C1. The zero-order chi connectivity index (χ0) is 22.7. The summed E-state index contributed by atoms with van der Waals surface area (Å²) >= 11 is 0. The molecule has 1 amide bonds. The van der Waals surface area contributed by atoms with Gasteiger partial charge in [-0.1, -0.05) is 26.8 Å². The van der Waals surface area contributed by atoms with Gasteiger partial charge in [0, 0.05) is 24.9 Å². The Bertz CT molecular complexity index is 1050. The van der Waals surface area contributed by atoms with Crippen molar-refractivity contribution in [1.82, 2.24) is 15.1 Å². The Morgan fingerprint density at radius 1 is 1.19 bits per heavy atom. The summed E-state index contributed by atoms with van der Waals surface area (Å²) in [5.74, 6) is -0.384. The van der Waals surface area contributed by atoms with Crippen molar-refractivity contribution in [1.29, 1.82) is 0 Å². The molecule has 1 aliphatic heterocycles. The summed E-state index contributed by atoms with van der Waals surface area (Å²) < 4.78 is 28.9. The average molecular weight is 440 g/mol. The Labute approximate surface area is 188 Å². The second kappa shape index (κ2) is 7.60. The molecule has 2 fully saturated rings. The van der Waals surface area contributed by atoms with Crippen molar-refractivity contribution >= 4 is 5.91 Å². The van der Waals surface area contributed by atoms with E-state index in [9.17, 15) is 13.6 Å². The monoisotopic (exact) mass is 439 g/mol. The first-order chi connectivity index (χ1) is 15.3. The molecule has 4 nitrogen and oxygen atoms in total. The normalized spacial score (nSPS) is 28.1. The van der Waals surface area contributed by atoms with E-state index in [1.54, 1.807) is 0 Å². The van der Waals surface area contributed by atoms with Crippen LogP contribution in [0.4, 0.5) is 8.78 Å². The van der Waals surface area contributed by atoms with Crippen molar-refractivity contribution in [2.24, 2.45) is 11.3 Å². The van der Waals surface area contributed by atoms with Crippen LogP contribution >= 0.6 is 0 Å². The van der Waals surface area contributed by atoms with Gasteiger partial charge in [-0.05, 0) is 73.1 Å². The number of fused-ring (bicyclic) bond motifs is 5. The predicted octanol–water partition coefficient (Wildman–Crippen LogP) is 5.62. The number of rotatable bonds is 4. The third-order valence-electron chi connectivity index (χ3n) is 8.62. The number of carbonyl (C=O) groups is 1. The Morgan fingerprint density at radius 2 is 1.94 bits per heavy atom. The Hall–Kier alpha value is -2.37. The van der Waals surface area contributed by atoms with E-state index in [1.165, 1.54) is 18.2 Å². The Balaban J connectivity index is 1.56. The van der Waals surface area contributed by atoms with Gasteiger partial charge in [-0.15, -0.1) is 0 Å². The molecule has 2 bridgehead atoms. The summed E-state index contributed by atoms with van der Waals surface area (Å²) in [4.78, 5) is 14.7. The van der Waals surface area contributed by atoms with Crippen LogP contribution in [0.2, 0.25) is 0 Å². The van der Waals surface area contributed by atoms with Crippen LogP contribution in [-0.4, -0.2) is 34.1 Å². The fraction of sp³-hybridized carbons (Fsp3) is 0.577. The first kappa shape index (κ1) is 21.5. The quantitative estimate of drug-likeness (QED) is 0.622. The summed E-state index contributed by atoms with van der Waals surface area (Å²) in [5, 5.41) is 9.00. The highest BCUT2D eigenvalue weighted by molar-refractivity contribution is 5.76. The minimum Gasteiger partial charge on any atom is -0.342 e. The summed E-state index contributed by atoms with van der Waals surface area (Å²) in [6.07, 6.45) is 5.59. The lowest BCUT2D eigenvalue weighted by molar-refractivity contribution is -0.134. The maximum absolute atomic E-state index is 14.4. The Morgan fingerprint density at radius 3 is 2.66 bits per heavy atom. The van der Waals surface area contributed by atoms with Gasteiger partial charge >= 0.3 is 0 Å². The number of hydrogen-bond acceptors (Lipinski definition) is 3. The van der Waals surface area contributed by atoms with Crippen LogP contribution in [0, 0.1) is 23.0 Å². The lowest BCUT2D eigenvalue weighted by Gasteiger charge is -2.48. The van der Waals surface area contributed by atoms with Crippen molar-refractivity contribution in [2.75, 3.05) is 13.1 Å². The number of piperidine rings is 1. The first-order valence-corrected chi connectivity index (χ1v) is 11.9. The van der Waals surface area contributed by atoms with E-state index in [-0.39, 0.29) is 33.9 Å². The van der Waals surface area contributed by atoms with E-state index < -0.39 is 11.6 Å². The average Bonchev–Trinajstić information content (AvgIpc) is 3.15. The van der Waals surface area contributed by atoms with Gasteiger partial charge in [-0.2, -0.15) is 10.2 Å². The number of aromatic nitrogens is 2. The topological polar surface area (TPSA) is 46.1 Å². The minimum absolute atomic E-state index is 0.0438. The van der Waals surface area contributed by atoms with Crippen molar-refractivity contribution in [2.45, 2.75) is 70.6 Å². The van der Waals surface area contributed by atoms with Crippen molar-refractivity contribution in [3.05, 3.63) is 47.2 Å². The molecule has 2 heterocycles. The van der Waals surface area contributed by atoms with Crippen molar-refractivity contribution in [3.63, 3.8) is 0 Å². The lowest BCUT2D eigenvalue weighted by Crippen LogP contribution is -2.51. The number of carbonyl (C=O) groups excluding carboxylic acids is 1. The van der Waals surface area contributed by atoms with Crippen LogP contribution in [0.5, 0.6) is 0 Å². The third kappa shape index (κ3) is 2.87. The summed E-state index contributed by atoms with van der Waals surface area (Å²) in [5.41, 5.74) is 2.04. The molecule has 0 N–H and O–H groups in total. The van der Waals surface area contributed by atoms with E-state index in [0.717, 1.165) is 56.5 Å². The molecule has 3 atom stereocenters. The number of amides is 1. The molecule has 0 radical (unpaired) electrons. The maximum atomic E-state index is 14.4. The van der Waals surface area contributed by atoms with Gasteiger partial charge in [-0.3, -0.25) is 4.79 Å². The molecule has 170 valence electrons. The van der Waals surface area contributed by atoms with E-state index in [0.29, 0.717) is 12.3 Å².